The molecule has 3 aromatic rings. The van der Waals surface area contributed by atoms with E-state index in [2.05, 4.69) is 10.4 Å². The summed E-state index contributed by atoms with van der Waals surface area (Å²) in [5, 5.41) is 6.69. The van der Waals surface area contributed by atoms with Crippen LogP contribution in [0.15, 0.2) is 48.5 Å². The number of carbonyl (C=O) groups excluding carboxylic acids is 2. The number of hydrogen-bond donors (Lipinski definition) is 1. The minimum absolute atomic E-state index is 0.0370. The third kappa shape index (κ3) is 5.39. The number of rotatable bonds is 6. The first kappa shape index (κ1) is 21.8. The van der Waals surface area contributed by atoms with Crippen LogP contribution in [0.25, 0.3) is 11.8 Å². The molecular weight excluding hydrogens is 411 g/mol. The first-order chi connectivity index (χ1) is 14.7. The number of benzene rings is 2. The van der Waals surface area contributed by atoms with Crippen LogP contribution in [-0.4, -0.2) is 28.3 Å². The molecule has 1 amide bonds. The Morgan fingerprint density at radius 3 is 2.45 bits per heavy atom. The van der Waals surface area contributed by atoms with Gasteiger partial charge in [0.1, 0.15) is 5.82 Å². The molecule has 0 spiro atoms. The molecule has 2 aromatic carbocycles. The first-order valence-corrected chi connectivity index (χ1v) is 9.16. The number of hydrogen-bond acceptors (Lipinski definition) is 4. The highest BCUT2D eigenvalue weighted by Gasteiger charge is 2.12. The van der Waals surface area contributed by atoms with Gasteiger partial charge in [-0.1, -0.05) is 0 Å². The zero-order valence-electron chi connectivity index (χ0n) is 16.7. The summed E-state index contributed by atoms with van der Waals surface area (Å²) in [5.74, 6) is -3.98. The number of aryl methyl sites for hydroxylation is 1. The zero-order chi connectivity index (χ0) is 22.5. The van der Waals surface area contributed by atoms with E-state index in [0.717, 1.165) is 23.9 Å². The summed E-state index contributed by atoms with van der Waals surface area (Å²) >= 11 is 0. The van der Waals surface area contributed by atoms with Crippen LogP contribution in [-0.2, 0) is 14.3 Å². The van der Waals surface area contributed by atoms with Gasteiger partial charge >= 0.3 is 5.97 Å². The summed E-state index contributed by atoms with van der Waals surface area (Å²) in [6, 6.07) is 8.69. The fourth-order valence-corrected chi connectivity index (χ4v) is 2.84. The predicted octanol–water partition coefficient (Wildman–Crippen LogP) is 4.10. The average molecular weight is 429 g/mol. The van der Waals surface area contributed by atoms with Crippen LogP contribution in [0.5, 0.6) is 0 Å². The number of carbonyl (C=O) groups is 2. The molecule has 0 atom stereocenters. The van der Waals surface area contributed by atoms with Gasteiger partial charge in [-0.25, -0.2) is 22.6 Å². The number of amides is 1. The van der Waals surface area contributed by atoms with Gasteiger partial charge in [-0.15, -0.1) is 0 Å². The number of anilines is 1. The largest absolute Gasteiger partial charge is 0.452 e. The van der Waals surface area contributed by atoms with Gasteiger partial charge in [-0.05, 0) is 56.3 Å². The summed E-state index contributed by atoms with van der Waals surface area (Å²) in [4.78, 5) is 23.8. The lowest BCUT2D eigenvalue weighted by Crippen LogP contribution is -2.20. The number of nitrogens with one attached hydrogen (secondary N) is 1. The fourth-order valence-electron chi connectivity index (χ4n) is 2.84. The van der Waals surface area contributed by atoms with E-state index in [9.17, 15) is 22.8 Å². The number of halogens is 3. The Bertz CT molecular complexity index is 1150. The molecule has 31 heavy (non-hydrogen) atoms. The standard InChI is InChI=1S/C22H18F3N3O3/c1-13-18(14(2)28(27-13)17-6-3-15(23)4-7-17)8-10-22(30)31-12-21(29)26-16-5-9-19(24)20(25)11-16/h3-11H,12H2,1-2H3,(H,26,29)/b10-8+. The molecule has 1 N–H and O–H groups in total. The molecule has 0 unspecified atom stereocenters. The Morgan fingerprint density at radius 1 is 1.06 bits per heavy atom. The summed E-state index contributed by atoms with van der Waals surface area (Å²) in [5.41, 5.74) is 2.74. The van der Waals surface area contributed by atoms with Crippen LogP contribution in [0.3, 0.4) is 0 Å². The van der Waals surface area contributed by atoms with Gasteiger partial charge in [0.2, 0.25) is 0 Å². The van der Waals surface area contributed by atoms with Gasteiger partial charge in [0.15, 0.2) is 18.2 Å². The normalized spacial score (nSPS) is 11.0. The monoisotopic (exact) mass is 429 g/mol. The van der Waals surface area contributed by atoms with Gasteiger partial charge in [-0.3, -0.25) is 4.79 Å². The molecule has 0 saturated carbocycles. The highest BCUT2D eigenvalue weighted by molar-refractivity contribution is 5.94. The smallest absolute Gasteiger partial charge is 0.331 e. The van der Waals surface area contributed by atoms with Crippen molar-refractivity contribution in [2.24, 2.45) is 0 Å². The number of esters is 1. The Kier molecular flexibility index (Phi) is 6.54. The van der Waals surface area contributed by atoms with Gasteiger partial charge in [-0.2, -0.15) is 5.10 Å². The maximum Gasteiger partial charge on any atom is 0.331 e. The number of ether oxygens (including phenoxy) is 1. The third-order valence-electron chi connectivity index (χ3n) is 4.35. The molecule has 1 heterocycles. The lowest BCUT2D eigenvalue weighted by atomic mass is 10.2. The second-order valence-electron chi connectivity index (χ2n) is 6.59. The zero-order valence-corrected chi connectivity index (χ0v) is 16.7. The molecule has 0 saturated heterocycles. The van der Waals surface area contributed by atoms with E-state index < -0.39 is 30.1 Å². The SMILES string of the molecule is Cc1nn(-c2ccc(F)cc2)c(C)c1/C=C/C(=O)OCC(=O)Nc1ccc(F)c(F)c1. The van der Waals surface area contributed by atoms with Crippen LogP contribution in [0.1, 0.15) is 17.0 Å². The van der Waals surface area contributed by atoms with E-state index in [4.69, 9.17) is 4.74 Å². The molecule has 0 aliphatic carbocycles. The van der Waals surface area contributed by atoms with Crippen molar-refractivity contribution < 1.29 is 27.5 Å². The maximum absolute atomic E-state index is 13.2. The second kappa shape index (κ2) is 9.29. The van der Waals surface area contributed by atoms with Crippen LogP contribution in [0.4, 0.5) is 18.9 Å². The van der Waals surface area contributed by atoms with E-state index in [0.29, 0.717) is 16.9 Å². The van der Waals surface area contributed by atoms with Crippen LogP contribution < -0.4 is 5.32 Å². The van der Waals surface area contributed by atoms with Gasteiger partial charge in [0, 0.05) is 29.1 Å². The van der Waals surface area contributed by atoms with Crippen LogP contribution in [0, 0.1) is 31.3 Å². The third-order valence-corrected chi connectivity index (χ3v) is 4.35. The molecule has 0 aliphatic rings. The highest BCUT2D eigenvalue weighted by atomic mass is 19.2. The predicted molar refractivity (Wildman–Crippen MR) is 108 cm³/mol. The van der Waals surface area contributed by atoms with Crippen LogP contribution >= 0.6 is 0 Å². The molecular formula is C22H18F3N3O3. The number of aromatic nitrogens is 2. The summed E-state index contributed by atoms with van der Waals surface area (Å²) in [6.45, 7) is 2.95. The van der Waals surface area contributed by atoms with E-state index in [1.54, 1.807) is 30.7 Å². The van der Waals surface area contributed by atoms with E-state index in [-0.39, 0.29) is 11.5 Å². The van der Waals surface area contributed by atoms with E-state index >= 15 is 0 Å². The molecule has 6 nitrogen and oxygen atoms in total. The molecule has 0 aliphatic heterocycles. The average Bonchev–Trinajstić information content (AvgIpc) is 3.02. The van der Waals surface area contributed by atoms with Crippen molar-refractivity contribution in [3.8, 4) is 5.69 Å². The quantitative estimate of drug-likeness (QED) is 0.473. The summed E-state index contributed by atoms with van der Waals surface area (Å²) in [6.07, 6.45) is 2.66. The first-order valence-electron chi connectivity index (χ1n) is 9.16. The van der Waals surface area contributed by atoms with Gasteiger partial charge in [0.25, 0.3) is 5.91 Å². The maximum atomic E-state index is 13.2. The van der Waals surface area contributed by atoms with Crippen molar-refractivity contribution in [3.63, 3.8) is 0 Å². The topological polar surface area (TPSA) is 73.2 Å². The van der Waals surface area contributed by atoms with Crippen molar-refractivity contribution in [1.29, 1.82) is 0 Å². The molecule has 1 aromatic heterocycles. The Morgan fingerprint density at radius 2 is 1.77 bits per heavy atom. The van der Waals surface area contributed by atoms with E-state index in [1.165, 1.54) is 24.3 Å². The molecule has 0 radical (unpaired) electrons. The summed E-state index contributed by atoms with van der Waals surface area (Å²) in [7, 11) is 0. The Balaban J connectivity index is 1.60. The molecule has 160 valence electrons. The molecule has 0 fully saturated rings. The lowest BCUT2D eigenvalue weighted by Gasteiger charge is -2.06. The minimum Gasteiger partial charge on any atom is -0.452 e. The van der Waals surface area contributed by atoms with Crippen molar-refractivity contribution in [3.05, 3.63) is 82.9 Å². The van der Waals surface area contributed by atoms with Crippen molar-refractivity contribution in [2.45, 2.75) is 13.8 Å². The minimum atomic E-state index is -1.11. The van der Waals surface area contributed by atoms with Crippen molar-refractivity contribution >= 4 is 23.6 Å². The van der Waals surface area contributed by atoms with Crippen molar-refractivity contribution in [1.82, 2.24) is 9.78 Å². The Labute approximate surface area is 176 Å². The Hall–Kier alpha value is -3.88. The molecule has 3 rings (SSSR count). The van der Waals surface area contributed by atoms with Crippen molar-refractivity contribution in [2.75, 3.05) is 11.9 Å². The molecule has 9 heteroatoms. The number of nitrogens with zero attached hydrogens (tertiary/aromatic N) is 2. The lowest BCUT2D eigenvalue weighted by molar-refractivity contribution is -0.142. The van der Waals surface area contributed by atoms with Gasteiger partial charge < -0.3 is 10.1 Å². The molecule has 0 bridgehead atoms. The second-order valence-corrected chi connectivity index (χ2v) is 6.59. The van der Waals surface area contributed by atoms with Crippen LogP contribution in [0.2, 0.25) is 0 Å². The van der Waals surface area contributed by atoms with Gasteiger partial charge in [0.05, 0.1) is 11.4 Å². The highest BCUT2D eigenvalue weighted by Crippen LogP contribution is 2.19. The van der Waals surface area contributed by atoms with E-state index in [1.807, 2.05) is 0 Å². The fraction of sp³-hybridized carbons (Fsp3) is 0.136. The summed E-state index contributed by atoms with van der Waals surface area (Å²) < 4.78 is 45.7.